The molecular weight excluding hydrogens is 155 g/mol. The summed E-state index contributed by atoms with van der Waals surface area (Å²) in [4.78, 5) is 17.6. The van der Waals surface area contributed by atoms with Gasteiger partial charge in [-0.2, -0.15) is 0 Å². The molecular formula is CH5N4NaO4. The molecule has 0 heterocycles. The molecule has 9 heteroatoms. The number of carbonyl (C=O) groups is 1. The average Bonchev–Trinajstić information content (AvgIpc) is 1.65. The van der Waals surface area contributed by atoms with Crippen LogP contribution in [0.4, 0.5) is 4.79 Å². The predicted molar refractivity (Wildman–Crippen MR) is 26.2 cm³/mol. The molecule has 0 saturated carbocycles. The van der Waals surface area contributed by atoms with E-state index < -0.39 is 11.1 Å². The zero-order valence-corrected chi connectivity index (χ0v) is 7.31. The third-order valence-corrected chi connectivity index (χ3v) is 0.156. The van der Waals surface area contributed by atoms with Crippen molar-refractivity contribution < 1.29 is 45.3 Å². The van der Waals surface area contributed by atoms with Gasteiger partial charge in [-0.1, -0.05) is 0 Å². The number of nitrogens with two attached hydrogens (primary N) is 1. The minimum absolute atomic E-state index is 0. The van der Waals surface area contributed by atoms with E-state index in [4.69, 9.17) is 15.3 Å². The summed E-state index contributed by atoms with van der Waals surface area (Å²) >= 11 is 0. The Morgan fingerprint density at radius 3 is 1.70 bits per heavy atom. The van der Waals surface area contributed by atoms with E-state index in [9.17, 15) is 4.79 Å². The van der Waals surface area contributed by atoms with Gasteiger partial charge in [-0.05, 0) is 0 Å². The van der Waals surface area contributed by atoms with Gasteiger partial charge in [0.15, 0.2) is 6.03 Å². The molecule has 5 N–H and O–H groups in total. The Morgan fingerprint density at radius 1 is 1.60 bits per heavy atom. The van der Waals surface area contributed by atoms with E-state index in [-0.39, 0.29) is 29.6 Å². The van der Waals surface area contributed by atoms with Gasteiger partial charge in [0.25, 0.3) is 0 Å². The Kier molecular flexibility index (Phi) is 18.2. The van der Waals surface area contributed by atoms with Crippen LogP contribution in [0.2, 0.25) is 0 Å². The van der Waals surface area contributed by atoms with Gasteiger partial charge in [-0.15, -0.1) is 0 Å². The van der Waals surface area contributed by atoms with Crippen LogP contribution in [0.3, 0.4) is 0 Å². The summed E-state index contributed by atoms with van der Waals surface area (Å²) in [6.07, 6.45) is 0. The first-order chi connectivity index (χ1) is 4.00. The molecule has 0 aromatic rings. The molecule has 2 amide bonds. The number of primary amides is 1. The fraction of sp³-hybridized carbons (Fsp3) is 0. The standard InChI is InChI=1S/CH5N3O.NO3.Na/c2-1(5)4-3;2-1(3)4;/h3H3,(H2-,2,4,5);;/q;-1;+1. The molecule has 0 bridgehead atoms. The number of amides is 2. The van der Waals surface area contributed by atoms with Gasteiger partial charge >= 0.3 is 29.6 Å². The Morgan fingerprint density at radius 2 is 1.70 bits per heavy atom. The van der Waals surface area contributed by atoms with Gasteiger partial charge < -0.3 is 26.9 Å². The van der Waals surface area contributed by atoms with Crippen LogP contribution in [-0.4, -0.2) is 11.1 Å². The van der Waals surface area contributed by atoms with Crippen LogP contribution in [0, 0.1) is 15.3 Å². The average molecular weight is 160 g/mol. The number of hydrogen-bond acceptors (Lipinski definition) is 4. The second-order valence-corrected chi connectivity index (χ2v) is 0.720. The van der Waals surface area contributed by atoms with Crippen LogP contribution >= 0.6 is 0 Å². The molecule has 54 valence electrons. The Labute approximate surface area is 77.9 Å². The number of quaternary nitrogens is 1. The number of hydrogen-bond donors (Lipinski definition) is 2. The molecule has 0 spiro atoms. The number of urea groups is 1. The molecule has 0 unspecified atom stereocenters. The van der Waals surface area contributed by atoms with Gasteiger partial charge in [0, 0.05) is 0 Å². The van der Waals surface area contributed by atoms with Gasteiger partial charge in [0.1, 0.15) is 0 Å². The molecule has 0 saturated heterocycles. The topological polar surface area (TPSA) is 151 Å². The van der Waals surface area contributed by atoms with E-state index in [1.54, 1.807) is 0 Å². The van der Waals surface area contributed by atoms with Crippen molar-refractivity contribution in [1.29, 1.82) is 0 Å². The molecule has 0 aliphatic heterocycles. The zero-order chi connectivity index (χ0) is 7.86. The Bertz CT molecular complexity index is 101. The fourth-order valence-corrected chi connectivity index (χ4v) is 0. The SMILES string of the molecule is NC(=O)[N-][NH3+].O=[N+]([O-])[O-].[Na+]. The van der Waals surface area contributed by atoms with Crippen molar-refractivity contribution in [2.45, 2.75) is 0 Å². The second-order valence-electron chi connectivity index (χ2n) is 0.720. The van der Waals surface area contributed by atoms with Crippen molar-refractivity contribution in [2.75, 3.05) is 0 Å². The van der Waals surface area contributed by atoms with E-state index >= 15 is 0 Å². The third-order valence-electron chi connectivity index (χ3n) is 0.156. The van der Waals surface area contributed by atoms with Crippen LogP contribution in [0.25, 0.3) is 5.43 Å². The predicted octanol–water partition coefficient (Wildman–Crippen LogP) is -4.64. The second kappa shape index (κ2) is 11.3. The summed E-state index contributed by atoms with van der Waals surface area (Å²) in [6.45, 7) is 0. The molecule has 10 heavy (non-hydrogen) atoms. The minimum Gasteiger partial charge on any atom is -0.459 e. The maximum Gasteiger partial charge on any atom is 1.00 e. The molecule has 0 aliphatic carbocycles. The quantitative estimate of drug-likeness (QED) is 0.208. The molecule has 8 nitrogen and oxygen atoms in total. The van der Waals surface area contributed by atoms with Crippen molar-refractivity contribution in [3.63, 3.8) is 0 Å². The van der Waals surface area contributed by atoms with Crippen molar-refractivity contribution in [1.82, 2.24) is 0 Å². The maximum absolute atomic E-state index is 9.36. The summed E-state index contributed by atoms with van der Waals surface area (Å²) in [5.41, 5.74) is 7.20. The van der Waals surface area contributed by atoms with Crippen LogP contribution in [0.5, 0.6) is 0 Å². The molecule has 0 rings (SSSR count). The van der Waals surface area contributed by atoms with E-state index in [1.807, 2.05) is 0 Å². The van der Waals surface area contributed by atoms with Crippen molar-refractivity contribution in [2.24, 2.45) is 5.73 Å². The summed E-state index contributed by atoms with van der Waals surface area (Å²) in [7, 11) is 0. The first-order valence-electron chi connectivity index (χ1n) is 1.58. The fourth-order valence-electron chi connectivity index (χ4n) is 0. The van der Waals surface area contributed by atoms with Crippen LogP contribution in [-0.2, 0) is 0 Å². The molecule has 0 aromatic carbocycles. The van der Waals surface area contributed by atoms with Gasteiger partial charge in [0.2, 0.25) is 0 Å². The minimum atomic E-state index is -1.75. The molecule has 0 aliphatic rings. The largest absolute Gasteiger partial charge is 1.00 e. The summed E-state index contributed by atoms with van der Waals surface area (Å²) in [6, 6.07) is -0.731. The normalized spacial score (nSPS) is 5.70. The smallest absolute Gasteiger partial charge is 0.459 e. The van der Waals surface area contributed by atoms with E-state index in [2.05, 4.69) is 17.0 Å². The Balaban J connectivity index is -0.0000000910. The van der Waals surface area contributed by atoms with Crippen LogP contribution in [0.15, 0.2) is 0 Å². The monoisotopic (exact) mass is 160 g/mol. The molecule has 0 atom stereocenters. The molecule has 0 radical (unpaired) electrons. The number of nitrogens with zero attached hydrogens (tertiary/aromatic N) is 2. The van der Waals surface area contributed by atoms with E-state index in [0.29, 0.717) is 0 Å². The first-order valence-corrected chi connectivity index (χ1v) is 1.58. The maximum atomic E-state index is 9.36. The van der Waals surface area contributed by atoms with Gasteiger partial charge in [-0.3, -0.25) is 4.79 Å². The van der Waals surface area contributed by atoms with E-state index in [1.165, 1.54) is 0 Å². The van der Waals surface area contributed by atoms with E-state index in [0.717, 1.165) is 0 Å². The van der Waals surface area contributed by atoms with Crippen molar-refractivity contribution in [3.05, 3.63) is 20.7 Å². The van der Waals surface area contributed by atoms with Crippen molar-refractivity contribution >= 4 is 6.03 Å². The third kappa shape index (κ3) is 150. The first kappa shape index (κ1) is 16.2. The summed E-state index contributed by atoms with van der Waals surface area (Å²) < 4.78 is 0. The Hall–Kier alpha value is -0.570. The summed E-state index contributed by atoms with van der Waals surface area (Å²) in [5, 5.41) is 14.8. The van der Waals surface area contributed by atoms with Gasteiger partial charge in [-0.25, -0.2) is 5.43 Å². The van der Waals surface area contributed by atoms with Crippen LogP contribution in [0.1, 0.15) is 0 Å². The summed E-state index contributed by atoms with van der Waals surface area (Å²) in [5.74, 6) is 2.84. The van der Waals surface area contributed by atoms with Crippen molar-refractivity contribution in [3.8, 4) is 0 Å². The van der Waals surface area contributed by atoms with Gasteiger partial charge in [0.05, 0.1) is 5.09 Å². The number of rotatable bonds is 0. The number of carbonyl (C=O) groups excluding carboxylic acids is 1. The zero-order valence-electron chi connectivity index (χ0n) is 5.31. The molecule has 0 fully saturated rings. The molecule has 0 aromatic heterocycles. The van der Waals surface area contributed by atoms with Crippen LogP contribution < -0.4 is 41.1 Å².